The minimum atomic E-state index is -3.65. The SMILES string of the molecule is CN(Cc1cccnc1)S(=O)(=O)c1ccc2oc(=O)ccc2c1. The molecule has 0 aliphatic rings. The zero-order chi connectivity index (χ0) is 16.4. The van der Waals surface area contributed by atoms with E-state index in [4.69, 9.17) is 4.42 Å². The van der Waals surface area contributed by atoms with E-state index in [1.165, 1.54) is 35.6 Å². The van der Waals surface area contributed by atoms with E-state index < -0.39 is 15.6 Å². The maximum Gasteiger partial charge on any atom is 0.336 e. The molecule has 118 valence electrons. The van der Waals surface area contributed by atoms with Crippen LogP contribution in [0, 0.1) is 0 Å². The second kappa shape index (κ2) is 5.94. The molecule has 1 aromatic carbocycles. The Labute approximate surface area is 133 Å². The minimum Gasteiger partial charge on any atom is -0.423 e. The Morgan fingerprint density at radius 3 is 2.74 bits per heavy atom. The summed E-state index contributed by atoms with van der Waals surface area (Å²) in [4.78, 5) is 15.3. The first-order valence-electron chi connectivity index (χ1n) is 6.86. The van der Waals surface area contributed by atoms with Crippen molar-refractivity contribution >= 4 is 21.0 Å². The first-order valence-corrected chi connectivity index (χ1v) is 8.30. The van der Waals surface area contributed by atoms with Crippen LogP contribution in [0.2, 0.25) is 0 Å². The Morgan fingerprint density at radius 1 is 1.17 bits per heavy atom. The summed E-state index contributed by atoms with van der Waals surface area (Å²) in [6, 6.07) is 10.8. The molecule has 0 N–H and O–H groups in total. The molecule has 0 radical (unpaired) electrons. The van der Waals surface area contributed by atoms with Crippen LogP contribution in [0.3, 0.4) is 0 Å². The monoisotopic (exact) mass is 330 g/mol. The van der Waals surface area contributed by atoms with Crippen LogP contribution in [0.4, 0.5) is 0 Å². The summed E-state index contributed by atoms with van der Waals surface area (Å²) in [5.74, 6) is 0. The van der Waals surface area contributed by atoms with Gasteiger partial charge in [-0.05, 0) is 35.9 Å². The number of hydrogen-bond acceptors (Lipinski definition) is 5. The molecule has 2 heterocycles. The summed E-state index contributed by atoms with van der Waals surface area (Å²) < 4.78 is 31.6. The van der Waals surface area contributed by atoms with E-state index in [1.807, 2.05) is 6.07 Å². The van der Waals surface area contributed by atoms with Gasteiger partial charge in [0.25, 0.3) is 0 Å². The Balaban J connectivity index is 1.95. The Hall–Kier alpha value is -2.51. The van der Waals surface area contributed by atoms with Crippen molar-refractivity contribution in [2.75, 3.05) is 7.05 Å². The number of benzene rings is 1. The Bertz CT molecular complexity index is 997. The van der Waals surface area contributed by atoms with Crippen molar-refractivity contribution in [3.8, 4) is 0 Å². The van der Waals surface area contributed by atoms with E-state index in [1.54, 1.807) is 24.5 Å². The number of hydrogen-bond donors (Lipinski definition) is 0. The van der Waals surface area contributed by atoms with Crippen molar-refractivity contribution in [1.82, 2.24) is 9.29 Å². The van der Waals surface area contributed by atoms with Crippen LogP contribution < -0.4 is 5.63 Å². The fourth-order valence-corrected chi connectivity index (χ4v) is 3.42. The van der Waals surface area contributed by atoms with Crippen LogP contribution in [-0.2, 0) is 16.6 Å². The van der Waals surface area contributed by atoms with E-state index in [-0.39, 0.29) is 11.4 Å². The molecule has 2 aromatic heterocycles. The smallest absolute Gasteiger partial charge is 0.336 e. The summed E-state index contributed by atoms with van der Waals surface area (Å²) in [6.07, 6.45) is 3.26. The highest BCUT2D eigenvalue weighted by molar-refractivity contribution is 7.89. The van der Waals surface area contributed by atoms with Gasteiger partial charge in [0.2, 0.25) is 10.0 Å². The molecule has 3 aromatic rings. The molecule has 23 heavy (non-hydrogen) atoms. The van der Waals surface area contributed by atoms with Gasteiger partial charge >= 0.3 is 5.63 Å². The highest BCUT2D eigenvalue weighted by atomic mass is 32.2. The van der Waals surface area contributed by atoms with Crippen LogP contribution in [0.25, 0.3) is 11.0 Å². The van der Waals surface area contributed by atoms with Crippen LogP contribution in [0.15, 0.2) is 69.0 Å². The van der Waals surface area contributed by atoms with Gasteiger partial charge in [0, 0.05) is 37.4 Å². The molecule has 0 bridgehead atoms. The van der Waals surface area contributed by atoms with Gasteiger partial charge in [-0.2, -0.15) is 4.31 Å². The van der Waals surface area contributed by atoms with Gasteiger partial charge in [-0.25, -0.2) is 13.2 Å². The molecule has 0 saturated heterocycles. The predicted molar refractivity (Wildman–Crippen MR) is 85.4 cm³/mol. The number of fused-ring (bicyclic) bond motifs is 1. The molecule has 0 spiro atoms. The van der Waals surface area contributed by atoms with Crippen LogP contribution in [0.5, 0.6) is 0 Å². The molecule has 0 atom stereocenters. The third kappa shape index (κ3) is 3.15. The molecule has 0 amide bonds. The lowest BCUT2D eigenvalue weighted by atomic mass is 10.2. The standard InChI is InChI=1S/C16H14N2O4S/c1-18(11-12-3-2-8-17-10-12)23(20,21)14-5-6-15-13(9-14)4-7-16(19)22-15/h2-10H,11H2,1H3. The van der Waals surface area contributed by atoms with Crippen molar-refractivity contribution in [1.29, 1.82) is 0 Å². The van der Waals surface area contributed by atoms with Crippen LogP contribution in [-0.4, -0.2) is 24.8 Å². The van der Waals surface area contributed by atoms with Gasteiger partial charge in [0.15, 0.2) is 0 Å². The molecule has 3 rings (SSSR count). The number of rotatable bonds is 4. The largest absolute Gasteiger partial charge is 0.423 e. The second-order valence-electron chi connectivity index (χ2n) is 5.08. The van der Waals surface area contributed by atoms with Crippen molar-refractivity contribution in [3.63, 3.8) is 0 Å². The first-order chi connectivity index (χ1) is 11.0. The number of sulfonamides is 1. The number of aromatic nitrogens is 1. The average molecular weight is 330 g/mol. The van der Waals surface area contributed by atoms with Crippen LogP contribution in [0.1, 0.15) is 5.56 Å². The minimum absolute atomic E-state index is 0.144. The van der Waals surface area contributed by atoms with Gasteiger partial charge < -0.3 is 4.42 Å². The Kier molecular flexibility index (Phi) is 3.97. The predicted octanol–water partition coefficient (Wildman–Crippen LogP) is 2.01. The molecule has 0 saturated carbocycles. The van der Waals surface area contributed by atoms with Gasteiger partial charge in [0.05, 0.1) is 4.90 Å². The highest BCUT2D eigenvalue weighted by Crippen LogP contribution is 2.21. The van der Waals surface area contributed by atoms with E-state index in [2.05, 4.69) is 4.98 Å². The molecule has 0 unspecified atom stereocenters. The molecular formula is C16H14N2O4S. The molecular weight excluding hydrogens is 316 g/mol. The molecule has 0 aliphatic carbocycles. The Morgan fingerprint density at radius 2 is 2.00 bits per heavy atom. The summed E-state index contributed by atoms with van der Waals surface area (Å²) in [5.41, 5.74) is 0.679. The average Bonchev–Trinajstić information content (AvgIpc) is 2.55. The van der Waals surface area contributed by atoms with Crippen molar-refractivity contribution in [2.24, 2.45) is 0 Å². The zero-order valence-corrected chi connectivity index (χ0v) is 13.2. The molecule has 0 fully saturated rings. The number of pyridine rings is 1. The highest BCUT2D eigenvalue weighted by Gasteiger charge is 2.21. The quantitative estimate of drug-likeness (QED) is 0.684. The van der Waals surface area contributed by atoms with Crippen LogP contribution >= 0.6 is 0 Å². The topological polar surface area (TPSA) is 80.5 Å². The van der Waals surface area contributed by atoms with Crippen molar-refractivity contribution in [2.45, 2.75) is 11.4 Å². The maximum atomic E-state index is 12.7. The van der Waals surface area contributed by atoms with Gasteiger partial charge in [-0.3, -0.25) is 4.98 Å². The summed E-state index contributed by atoms with van der Waals surface area (Å²) in [6.45, 7) is 0.220. The summed E-state index contributed by atoms with van der Waals surface area (Å²) in [7, 11) is -2.14. The van der Waals surface area contributed by atoms with E-state index in [0.717, 1.165) is 5.56 Å². The first kappa shape index (κ1) is 15.4. The lowest BCUT2D eigenvalue weighted by molar-refractivity contribution is 0.466. The fourth-order valence-electron chi connectivity index (χ4n) is 2.22. The second-order valence-corrected chi connectivity index (χ2v) is 7.12. The number of nitrogens with zero attached hydrogens (tertiary/aromatic N) is 2. The molecule has 6 nitrogen and oxygen atoms in total. The van der Waals surface area contributed by atoms with Gasteiger partial charge in [-0.1, -0.05) is 6.07 Å². The fraction of sp³-hybridized carbons (Fsp3) is 0.125. The lowest BCUT2D eigenvalue weighted by Crippen LogP contribution is -2.26. The summed E-state index contributed by atoms with van der Waals surface area (Å²) >= 11 is 0. The van der Waals surface area contributed by atoms with Crippen molar-refractivity contribution < 1.29 is 12.8 Å². The molecule has 7 heteroatoms. The maximum absolute atomic E-state index is 12.7. The zero-order valence-electron chi connectivity index (χ0n) is 12.3. The third-order valence-electron chi connectivity index (χ3n) is 3.43. The van der Waals surface area contributed by atoms with E-state index in [9.17, 15) is 13.2 Å². The third-order valence-corrected chi connectivity index (χ3v) is 5.23. The van der Waals surface area contributed by atoms with Gasteiger partial charge in [-0.15, -0.1) is 0 Å². The molecule has 0 aliphatic heterocycles. The van der Waals surface area contributed by atoms with Crippen molar-refractivity contribution in [3.05, 3.63) is 70.8 Å². The van der Waals surface area contributed by atoms with E-state index in [0.29, 0.717) is 11.0 Å². The lowest BCUT2D eigenvalue weighted by Gasteiger charge is -2.17. The normalized spacial score (nSPS) is 11.9. The van der Waals surface area contributed by atoms with Gasteiger partial charge in [0.1, 0.15) is 5.58 Å². The summed E-state index contributed by atoms with van der Waals surface area (Å²) in [5, 5.41) is 0.556. The van der Waals surface area contributed by atoms with E-state index >= 15 is 0 Å².